The van der Waals surface area contributed by atoms with Gasteiger partial charge < -0.3 is 14.8 Å². The summed E-state index contributed by atoms with van der Waals surface area (Å²) in [6, 6.07) is 5.45. The second-order valence-electron chi connectivity index (χ2n) is 5.80. The summed E-state index contributed by atoms with van der Waals surface area (Å²) in [5.41, 5.74) is 0.248. The van der Waals surface area contributed by atoms with E-state index in [1.54, 1.807) is 19.1 Å². The molecule has 2 aliphatic heterocycles. The van der Waals surface area contributed by atoms with Crippen LogP contribution < -0.4 is 5.32 Å². The summed E-state index contributed by atoms with van der Waals surface area (Å²) in [7, 11) is 1.31. The number of methoxy groups -OCH3 is 1. The van der Waals surface area contributed by atoms with Crippen LogP contribution in [0, 0.1) is 0 Å². The quantitative estimate of drug-likeness (QED) is 0.841. The van der Waals surface area contributed by atoms with Gasteiger partial charge in [-0.2, -0.15) is 0 Å². The predicted molar refractivity (Wildman–Crippen MR) is 76.1 cm³/mol. The third-order valence-electron chi connectivity index (χ3n) is 4.37. The van der Waals surface area contributed by atoms with Crippen molar-refractivity contribution in [2.75, 3.05) is 20.3 Å². The number of rotatable bonds is 2. The maximum Gasteiger partial charge on any atom is 0.306 e. The Morgan fingerprint density at radius 1 is 1.43 bits per heavy atom. The normalized spacial score (nSPS) is 25.8. The van der Waals surface area contributed by atoms with Crippen LogP contribution in [0.5, 0.6) is 0 Å². The molecular weight excluding hydrogens is 294 g/mol. The number of halogens is 1. The summed E-state index contributed by atoms with van der Waals surface area (Å²) in [4.78, 5) is 24.3. The minimum Gasteiger partial charge on any atom is -0.469 e. The monoisotopic (exact) mass is 309 g/mol. The topological polar surface area (TPSA) is 64.6 Å². The van der Waals surface area contributed by atoms with Gasteiger partial charge in [-0.05, 0) is 30.2 Å². The molecule has 0 bridgehead atoms. The lowest BCUT2D eigenvalue weighted by Gasteiger charge is -2.50. The van der Waals surface area contributed by atoms with Gasteiger partial charge in [0, 0.05) is 5.02 Å². The van der Waals surface area contributed by atoms with Crippen LogP contribution in [0.4, 0.5) is 0 Å². The van der Waals surface area contributed by atoms with Gasteiger partial charge in [0.15, 0.2) is 0 Å². The number of fused-ring (bicyclic) bond motifs is 2. The number of ether oxygens (including phenoxy) is 2. The molecule has 1 spiro atoms. The number of benzene rings is 1. The number of hydrogen-bond donors (Lipinski definition) is 1. The third-order valence-corrected chi connectivity index (χ3v) is 4.60. The summed E-state index contributed by atoms with van der Waals surface area (Å²) >= 11 is 6.10. The van der Waals surface area contributed by atoms with Crippen molar-refractivity contribution in [2.45, 2.75) is 24.3 Å². The largest absolute Gasteiger partial charge is 0.469 e. The van der Waals surface area contributed by atoms with Crippen LogP contribution in [0.1, 0.15) is 24.5 Å². The standard InChI is InChI=1S/C15H16ClNO4/c1-14(6-12(18)20-2)11-5-9(16)3-4-10(11)15(7-21-8-15)17-13(14)19/h3-5H,6-8H2,1-2H3,(H,17,19). The zero-order valence-corrected chi connectivity index (χ0v) is 12.6. The van der Waals surface area contributed by atoms with E-state index < -0.39 is 16.9 Å². The van der Waals surface area contributed by atoms with Crippen LogP contribution in [0.25, 0.3) is 0 Å². The van der Waals surface area contributed by atoms with E-state index in [0.29, 0.717) is 18.2 Å². The van der Waals surface area contributed by atoms with Crippen LogP contribution >= 0.6 is 11.6 Å². The molecule has 1 aromatic carbocycles. The number of carbonyl (C=O) groups is 2. The van der Waals surface area contributed by atoms with Gasteiger partial charge in [0.25, 0.3) is 0 Å². The fourth-order valence-corrected chi connectivity index (χ4v) is 3.18. The van der Waals surface area contributed by atoms with Gasteiger partial charge >= 0.3 is 5.97 Å². The Labute approximate surface area is 127 Å². The van der Waals surface area contributed by atoms with Gasteiger partial charge in [-0.15, -0.1) is 0 Å². The van der Waals surface area contributed by atoms with Crippen molar-refractivity contribution in [1.82, 2.24) is 5.32 Å². The molecule has 21 heavy (non-hydrogen) atoms. The molecule has 1 N–H and O–H groups in total. The van der Waals surface area contributed by atoms with E-state index >= 15 is 0 Å². The van der Waals surface area contributed by atoms with Gasteiger partial charge in [-0.25, -0.2) is 0 Å². The number of hydrogen-bond acceptors (Lipinski definition) is 4. The van der Waals surface area contributed by atoms with E-state index in [9.17, 15) is 9.59 Å². The van der Waals surface area contributed by atoms with Crippen LogP contribution in [-0.4, -0.2) is 32.2 Å². The molecule has 6 heteroatoms. The predicted octanol–water partition coefficient (Wildman–Crippen LogP) is 1.52. The highest BCUT2D eigenvalue weighted by Gasteiger charge is 2.54. The van der Waals surface area contributed by atoms with Crippen molar-refractivity contribution in [3.05, 3.63) is 34.3 Å². The molecule has 0 radical (unpaired) electrons. The average molecular weight is 310 g/mol. The summed E-state index contributed by atoms with van der Waals surface area (Å²) in [6.45, 7) is 2.60. The number of carbonyl (C=O) groups excluding carboxylic acids is 2. The first kappa shape index (κ1) is 14.4. The highest BCUT2D eigenvalue weighted by molar-refractivity contribution is 6.30. The molecule has 112 valence electrons. The minimum atomic E-state index is -0.992. The molecule has 3 rings (SSSR count). The second kappa shape index (κ2) is 4.71. The molecule has 0 aliphatic carbocycles. The number of esters is 1. The van der Waals surface area contributed by atoms with E-state index in [0.717, 1.165) is 11.1 Å². The van der Waals surface area contributed by atoms with E-state index in [-0.39, 0.29) is 12.3 Å². The van der Waals surface area contributed by atoms with E-state index in [4.69, 9.17) is 21.1 Å². The fourth-order valence-electron chi connectivity index (χ4n) is 3.01. The van der Waals surface area contributed by atoms with Crippen molar-refractivity contribution in [3.63, 3.8) is 0 Å². The van der Waals surface area contributed by atoms with Crippen molar-refractivity contribution in [1.29, 1.82) is 0 Å². The SMILES string of the molecule is COC(=O)CC1(C)C(=O)NC2(COC2)c2ccc(Cl)cc21. The highest BCUT2D eigenvalue weighted by Crippen LogP contribution is 2.44. The van der Waals surface area contributed by atoms with Crippen LogP contribution in [0.3, 0.4) is 0 Å². The summed E-state index contributed by atoms with van der Waals surface area (Å²) in [6.07, 6.45) is -0.0282. The Hall–Kier alpha value is -1.59. The summed E-state index contributed by atoms with van der Waals surface area (Å²) < 4.78 is 10.0. The van der Waals surface area contributed by atoms with E-state index in [1.165, 1.54) is 7.11 Å². The first-order valence-electron chi connectivity index (χ1n) is 6.69. The maximum absolute atomic E-state index is 12.6. The molecule has 2 aliphatic rings. The maximum atomic E-state index is 12.6. The average Bonchev–Trinajstić information content (AvgIpc) is 2.41. The molecular formula is C15H16ClNO4. The van der Waals surface area contributed by atoms with Crippen molar-refractivity contribution < 1.29 is 19.1 Å². The first-order chi connectivity index (χ1) is 9.91. The fraction of sp³-hybridized carbons (Fsp3) is 0.467. The van der Waals surface area contributed by atoms with Gasteiger partial charge in [0.05, 0.1) is 32.2 Å². The van der Waals surface area contributed by atoms with Gasteiger partial charge in [0.2, 0.25) is 5.91 Å². The Bertz CT molecular complexity index is 626. The molecule has 0 saturated carbocycles. The van der Waals surface area contributed by atoms with E-state index in [1.807, 2.05) is 6.07 Å². The van der Waals surface area contributed by atoms with Crippen LogP contribution in [0.15, 0.2) is 18.2 Å². The molecule has 0 aromatic heterocycles. The minimum absolute atomic E-state index is 0.0282. The van der Waals surface area contributed by atoms with Crippen molar-refractivity contribution >= 4 is 23.5 Å². The number of amides is 1. The van der Waals surface area contributed by atoms with Crippen molar-refractivity contribution in [3.8, 4) is 0 Å². The first-order valence-corrected chi connectivity index (χ1v) is 7.07. The zero-order chi connectivity index (χ0) is 15.3. The number of nitrogens with one attached hydrogen (secondary N) is 1. The summed E-state index contributed by atoms with van der Waals surface area (Å²) in [5, 5.41) is 3.55. The lowest BCUT2D eigenvalue weighted by Crippen LogP contribution is -2.66. The van der Waals surface area contributed by atoms with Crippen LogP contribution in [-0.2, 0) is 30.0 Å². The molecule has 2 heterocycles. The molecule has 1 atom stereocenters. The smallest absolute Gasteiger partial charge is 0.306 e. The van der Waals surface area contributed by atoms with Gasteiger partial charge in [-0.3, -0.25) is 9.59 Å². The third kappa shape index (κ3) is 2.03. The lowest BCUT2D eigenvalue weighted by molar-refractivity contribution is -0.150. The lowest BCUT2D eigenvalue weighted by atomic mass is 9.68. The molecule has 1 unspecified atom stereocenters. The highest BCUT2D eigenvalue weighted by atomic mass is 35.5. The zero-order valence-electron chi connectivity index (χ0n) is 11.9. The molecule has 1 saturated heterocycles. The Morgan fingerprint density at radius 3 is 2.71 bits per heavy atom. The van der Waals surface area contributed by atoms with Gasteiger partial charge in [-0.1, -0.05) is 17.7 Å². The van der Waals surface area contributed by atoms with Crippen LogP contribution in [0.2, 0.25) is 5.02 Å². The Morgan fingerprint density at radius 2 is 2.14 bits per heavy atom. The Kier molecular flexibility index (Phi) is 3.22. The molecule has 5 nitrogen and oxygen atoms in total. The summed E-state index contributed by atoms with van der Waals surface area (Å²) in [5.74, 6) is -0.634. The molecule has 1 aromatic rings. The Balaban J connectivity index is 2.14. The van der Waals surface area contributed by atoms with Crippen molar-refractivity contribution in [2.24, 2.45) is 0 Å². The van der Waals surface area contributed by atoms with E-state index in [2.05, 4.69) is 5.32 Å². The second-order valence-corrected chi connectivity index (χ2v) is 6.24. The van der Waals surface area contributed by atoms with Gasteiger partial charge in [0.1, 0.15) is 5.54 Å². The molecule has 1 amide bonds. The molecule has 1 fully saturated rings.